The van der Waals surface area contributed by atoms with Gasteiger partial charge in [0, 0.05) is 55.6 Å². The van der Waals surface area contributed by atoms with E-state index in [0.29, 0.717) is 11.5 Å². The van der Waals surface area contributed by atoms with E-state index < -0.39 is 5.97 Å². The third kappa shape index (κ3) is 5.68. The van der Waals surface area contributed by atoms with E-state index in [1.807, 2.05) is 49.4 Å². The lowest BCUT2D eigenvalue weighted by Crippen LogP contribution is -2.46. The number of fused-ring (bicyclic) bond motifs is 1. The lowest BCUT2D eigenvalue weighted by atomic mass is 9.99. The van der Waals surface area contributed by atoms with Crippen molar-refractivity contribution in [2.24, 2.45) is 0 Å². The Morgan fingerprint density at radius 1 is 0.975 bits per heavy atom. The fourth-order valence-electron chi connectivity index (χ4n) is 5.15. The Hall–Kier alpha value is -3.91. The van der Waals surface area contributed by atoms with Crippen LogP contribution in [0.2, 0.25) is 5.02 Å². The van der Waals surface area contributed by atoms with Gasteiger partial charge in [-0.25, -0.2) is 9.78 Å². The molecule has 1 fully saturated rings. The highest BCUT2D eigenvalue weighted by atomic mass is 35.5. The topological polar surface area (TPSA) is 65.9 Å². The first-order valence-corrected chi connectivity index (χ1v) is 14.4. The Morgan fingerprint density at radius 3 is 2.52 bits per heavy atom. The van der Waals surface area contributed by atoms with Crippen LogP contribution in [0.15, 0.2) is 84.9 Å². The first-order chi connectivity index (χ1) is 19.4. The zero-order valence-corrected chi connectivity index (χ0v) is 23.6. The molecule has 0 spiro atoms. The van der Waals surface area contributed by atoms with Crippen molar-refractivity contribution in [1.29, 1.82) is 0 Å². The minimum absolute atomic E-state index is 0.141. The van der Waals surface area contributed by atoms with Crippen LogP contribution in [0.4, 0.5) is 5.69 Å². The molecule has 4 aromatic carbocycles. The Bertz CT molecular complexity index is 1680. The predicted octanol–water partition coefficient (Wildman–Crippen LogP) is 7.74. The van der Waals surface area contributed by atoms with Crippen LogP contribution >= 0.6 is 22.9 Å². The second-order valence-corrected chi connectivity index (χ2v) is 11.5. The molecule has 1 saturated heterocycles. The van der Waals surface area contributed by atoms with Crippen molar-refractivity contribution >= 4 is 44.8 Å². The number of carboxylic acids is 1. The van der Waals surface area contributed by atoms with Crippen molar-refractivity contribution in [1.82, 2.24) is 9.88 Å². The van der Waals surface area contributed by atoms with E-state index >= 15 is 0 Å². The highest BCUT2D eigenvalue weighted by Crippen LogP contribution is 2.34. The molecule has 5 aromatic rings. The van der Waals surface area contributed by atoms with Crippen molar-refractivity contribution in [3.8, 4) is 22.6 Å². The summed E-state index contributed by atoms with van der Waals surface area (Å²) in [4.78, 5) is 21.2. The average Bonchev–Trinajstić information content (AvgIpc) is 3.33. The number of hydrogen-bond acceptors (Lipinski definition) is 6. The van der Waals surface area contributed by atoms with E-state index in [-0.39, 0.29) is 5.56 Å². The van der Waals surface area contributed by atoms with E-state index in [0.717, 1.165) is 64.2 Å². The molecular weight excluding hydrogens is 542 g/mol. The molecule has 0 unspecified atom stereocenters. The molecule has 0 bridgehead atoms. The number of aromatic carboxylic acids is 1. The molecule has 0 radical (unpaired) electrons. The molecule has 0 aliphatic carbocycles. The smallest absolute Gasteiger partial charge is 0.339 e. The summed E-state index contributed by atoms with van der Waals surface area (Å²) >= 11 is 7.69. The standard InChI is InChI=1S/C32H28ClN3O3S/c1-21-34-29-13-11-26(19-31(29)40-21)39-30-18-25(10-12-28(30)32(37)38)36-16-14-35(15-17-36)20-23-4-2-3-5-27(23)22-6-8-24(33)9-7-22/h2-13,18-19H,14-17,20H2,1H3,(H,37,38). The highest BCUT2D eigenvalue weighted by molar-refractivity contribution is 7.18. The fourth-order valence-corrected chi connectivity index (χ4v) is 6.14. The summed E-state index contributed by atoms with van der Waals surface area (Å²) in [5, 5.41) is 11.5. The Balaban J connectivity index is 1.16. The molecular formula is C32H28ClN3O3S. The SMILES string of the molecule is Cc1nc2ccc(Oc3cc(N4CCN(Cc5ccccc5-c5ccc(Cl)cc5)CC4)ccc3C(=O)O)cc2s1. The van der Waals surface area contributed by atoms with Gasteiger partial charge in [-0.05, 0) is 60.0 Å². The number of hydrogen-bond donors (Lipinski definition) is 1. The van der Waals surface area contributed by atoms with Crippen LogP contribution < -0.4 is 9.64 Å². The van der Waals surface area contributed by atoms with Crippen LogP contribution in [0.1, 0.15) is 20.9 Å². The van der Waals surface area contributed by atoms with Gasteiger partial charge in [-0.3, -0.25) is 4.90 Å². The van der Waals surface area contributed by atoms with Gasteiger partial charge in [0.1, 0.15) is 17.1 Å². The second kappa shape index (κ2) is 11.3. The van der Waals surface area contributed by atoms with E-state index in [9.17, 15) is 9.90 Å². The van der Waals surface area contributed by atoms with Gasteiger partial charge in [0.2, 0.25) is 0 Å². The normalized spacial score (nSPS) is 14.0. The molecule has 40 heavy (non-hydrogen) atoms. The molecule has 6 rings (SSSR count). The monoisotopic (exact) mass is 569 g/mol. The van der Waals surface area contributed by atoms with Crippen LogP contribution in [-0.2, 0) is 6.54 Å². The second-order valence-electron chi connectivity index (χ2n) is 9.88. The maximum Gasteiger partial charge on any atom is 0.339 e. The zero-order chi connectivity index (χ0) is 27.6. The molecule has 202 valence electrons. The zero-order valence-electron chi connectivity index (χ0n) is 22.0. The summed E-state index contributed by atoms with van der Waals surface area (Å²) < 4.78 is 7.15. The summed E-state index contributed by atoms with van der Waals surface area (Å²) in [5.74, 6) is -0.0784. The molecule has 1 aromatic heterocycles. The third-order valence-corrected chi connectivity index (χ3v) is 8.38. The third-order valence-electron chi connectivity index (χ3n) is 7.19. The summed E-state index contributed by atoms with van der Waals surface area (Å²) in [6, 6.07) is 27.5. The predicted molar refractivity (Wildman–Crippen MR) is 162 cm³/mol. The van der Waals surface area contributed by atoms with Gasteiger partial charge in [0.25, 0.3) is 0 Å². The number of anilines is 1. The number of carbonyl (C=O) groups is 1. The summed E-state index contributed by atoms with van der Waals surface area (Å²) in [7, 11) is 0. The maximum atomic E-state index is 12.0. The molecule has 1 aliphatic heterocycles. The molecule has 1 aliphatic rings. The number of thiazole rings is 1. The van der Waals surface area contributed by atoms with Crippen LogP contribution in [0.5, 0.6) is 11.5 Å². The minimum Gasteiger partial charge on any atom is -0.478 e. The van der Waals surface area contributed by atoms with Crippen LogP contribution in [-0.4, -0.2) is 47.1 Å². The number of carboxylic acid groups (broad SMARTS) is 1. The molecule has 0 saturated carbocycles. The Labute approximate surface area is 242 Å². The van der Waals surface area contributed by atoms with Crippen molar-refractivity contribution in [3.05, 3.63) is 106 Å². The van der Waals surface area contributed by atoms with Crippen LogP contribution in [0, 0.1) is 6.92 Å². The number of halogens is 1. The van der Waals surface area contributed by atoms with Gasteiger partial charge >= 0.3 is 5.97 Å². The number of ether oxygens (including phenoxy) is 1. The van der Waals surface area contributed by atoms with Crippen molar-refractivity contribution in [2.45, 2.75) is 13.5 Å². The van der Waals surface area contributed by atoms with Crippen molar-refractivity contribution in [3.63, 3.8) is 0 Å². The summed E-state index contributed by atoms with van der Waals surface area (Å²) in [5.41, 5.74) is 5.68. The molecule has 8 heteroatoms. The summed E-state index contributed by atoms with van der Waals surface area (Å²) in [6.07, 6.45) is 0. The molecule has 0 atom stereocenters. The lowest BCUT2D eigenvalue weighted by Gasteiger charge is -2.36. The Morgan fingerprint density at radius 2 is 1.75 bits per heavy atom. The number of rotatable bonds is 7. The maximum absolute atomic E-state index is 12.0. The highest BCUT2D eigenvalue weighted by Gasteiger charge is 2.21. The van der Waals surface area contributed by atoms with Crippen molar-refractivity contribution < 1.29 is 14.6 Å². The summed E-state index contributed by atoms with van der Waals surface area (Å²) in [6.45, 7) is 6.29. The number of piperazine rings is 1. The number of benzene rings is 4. The molecule has 1 N–H and O–H groups in total. The molecule has 6 nitrogen and oxygen atoms in total. The van der Waals surface area contributed by atoms with Gasteiger partial charge in [0.15, 0.2) is 0 Å². The van der Waals surface area contributed by atoms with E-state index in [1.54, 1.807) is 17.4 Å². The first-order valence-electron chi connectivity index (χ1n) is 13.2. The van der Waals surface area contributed by atoms with Crippen molar-refractivity contribution in [2.75, 3.05) is 31.1 Å². The number of aryl methyl sites for hydroxylation is 1. The van der Waals surface area contributed by atoms with Gasteiger partial charge < -0.3 is 14.7 Å². The fraction of sp³-hybridized carbons (Fsp3) is 0.188. The van der Waals surface area contributed by atoms with E-state index in [2.05, 4.69) is 51.2 Å². The van der Waals surface area contributed by atoms with Crippen LogP contribution in [0.25, 0.3) is 21.3 Å². The van der Waals surface area contributed by atoms with Gasteiger partial charge in [-0.1, -0.05) is 48.0 Å². The average molecular weight is 570 g/mol. The van der Waals surface area contributed by atoms with E-state index in [1.165, 1.54) is 11.1 Å². The van der Waals surface area contributed by atoms with Gasteiger partial charge in [-0.2, -0.15) is 0 Å². The first kappa shape index (κ1) is 26.3. The quantitative estimate of drug-likeness (QED) is 0.216. The molecule has 0 amide bonds. The largest absolute Gasteiger partial charge is 0.478 e. The Kier molecular flexibility index (Phi) is 7.43. The molecule has 2 heterocycles. The van der Waals surface area contributed by atoms with Gasteiger partial charge in [-0.15, -0.1) is 11.3 Å². The number of nitrogens with zero attached hydrogens (tertiary/aromatic N) is 3. The lowest BCUT2D eigenvalue weighted by molar-refractivity contribution is 0.0694. The van der Waals surface area contributed by atoms with Crippen LogP contribution in [0.3, 0.4) is 0 Å². The van der Waals surface area contributed by atoms with Gasteiger partial charge in [0.05, 0.1) is 15.2 Å². The van der Waals surface area contributed by atoms with E-state index in [4.69, 9.17) is 16.3 Å². The minimum atomic E-state index is -1.01. The number of aromatic nitrogens is 1.